The molecule has 1 heterocycles. The first-order valence-corrected chi connectivity index (χ1v) is 7.90. The number of sulfonamides is 1. The van der Waals surface area contributed by atoms with Gasteiger partial charge in [-0.1, -0.05) is 18.2 Å². The Labute approximate surface area is 117 Å². The first-order chi connectivity index (χ1) is 9.50. The average molecular weight is 293 g/mol. The molecule has 0 saturated carbocycles. The van der Waals surface area contributed by atoms with Crippen LogP contribution in [-0.2, 0) is 20.6 Å². The molecule has 6 nitrogen and oxygen atoms in total. The molecule has 0 aliphatic carbocycles. The molecule has 0 aromatic heterocycles. The van der Waals surface area contributed by atoms with Crippen molar-refractivity contribution >= 4 is 15.9 Å². The second kappa shape index (κ2) is 6.03. The first-order valence-electron chi connectivity index (χ1n) is 6.25. The summed E-state index contributed by atoms with van der Waals surface area (Å²) in [5, 5.41) is 11.6. The number of hydrogen-bond donors (Lipinski definition) is 2. The van der Waals surface area contributed by atoms with Gasteiger partial charge < -0.3 is 5.32 Å². The number of nitrogens with one attached hydrogen (secondary N) is 2. The van der Waals surface area contributed by atoms with Gasteiger partial charge in [0, 0.05) is 19.0 Å². The van der Waals surface area contributed by atoms with Gasteiger partial charge in [0.25, 0.3) is 0 Å². The number of nitriles is 1. The molecule has 1 amide bonds. The fourth-order valence-corrected chi connectivity index (χ4v) is 3.29. The summed E-state index contributed by atoms with van der Waals surface area (Å²) in [6.45, 7) is 0.183. The highest BCUT2D eigenvalue weighted by Gasteiger charge is 2.22. The topological polar surface area (TPSA) is 99.1 Å². The average Bonchev–Trinajstić information content (AvgIpc) is 2.83. The van der Waals surface area contributed by atoms with E-state index >= 15 is 0 Å². The van der Waals surface area contributed by atoms with Gasteiger partial charge in [0.05, 0.1) is 17.4 Å². The maximum Gasteiger partial charge on any atom is 0.220 e. The van der Waals surface area contributed by atoms with Gasteiger partial charge in [-0.25, -0.2) is 13.1 Å². The van der Waals surface area contributed by atoms with E-state index in [2.05, 4.69) is 10.0 Å². The third kappa shape index (κ3) is 3.79. The largest absolute Gasteiger partial charge is 0.352 e. The summed E-state index contributed by atoms with van der Waals surface area (Å²) in [4.78, 5) is 11.0. The molecule has 2 rings (SSSR count). The van der Waals surface area contributed by atoms with Crippen LogP contribution in [0.4, 0.5) is 0 Å². The molecule has 7 heteroatoms. The number of carbonyl (C=O) groups excluding carboxylic acids is 1. The minimum atomic E-state index is -3.52. The summed E-state index contributed by atoms with van der Waals surface area (Å²) in [5.41, 5.74) is 0.824. The highest BCUT2D eigenvalue weighted by molar-refractivity contribution is 7.88. The van der Waals surface area contributed by atoms with Gasteiger partial charge in [-0.2, -0.15) is 5.26 Å². The van der Waals surface area contributed by atoms with E-state index in [0.717, 1.165) is 0 Å². The van der Waals surface area contributed by atoms with E-state index in [-0.39, 0.29) is 24.2 Å². The molecular weight excluding hydrogens is 278 g/mol. The molecule has 1 aliphatic heterocycles. The minimum absolute atomic E-state index is 0.0518. The Morgan fingerprint density at radius 1 is 1.40 bits per heavy atom. The van der Waals surface area contributed by atoms with Crippen molar-refractivity contribution in [2.45, 2.75) is 24.6 Å². The Bertz CT molecular complexity index is 649. The van der Waals surface area contributed by atoms with Crippen molar-refractivity contribution in [3.05, 3.63) is 35.4 Å². The normalized spacial score (nSPS) is 18.6. The Kier molecular flexibility index (Phi) is 4.37. The maximum absolute atomic E-state index is 12.0. The van der Waals surface area contributed by atoms with Gasteiger partial charge in [-0.3, -0.25) is 4.79 Å². The van der Waals surface area contributed by atoms with E-state index in [1.807, 2.05) is 6.07 Å². The molecule has 0 bridgehead atoms. The van der Waals surface area contributed by atoms with Crippen LogP contribution in [0.5, 0.6) is 0 Å². The third-order valence-corrected chi connectivity index (χ3v) is 4.42. The molecule has 0 spiro atoms. The molecule has 0 radical (unpaired) electrons. The molecule has 1 atom stereocenters. The lowest BCUT2D eigenvalue weighted by molar-refractivity contribution is -0.119. The van der Waals surface area contributed by atoms with E-state index in [0.29, 0.717) is 24.0 Å². The van der Waals surface area contributed by atoms with Gasteiger partial charge in [-0.05, 0) is 18.1 Å². The lowest BCUT2D eigenvalue weighted by Gasteiger charge is -2.12. The minimum Gasteiger partial charge on any atom is -0.352 e. The van der Waals surface area contributed by atoms with Crippen LogP contribution in [0.15, 0.2) is 24.3 Å². The smallest absolute Gasteiger partial charge is 0.220 e. The van der Waals surface area contributed by atoms with E-state index in [4.69, 9.17) is 5.26 Å². The summed E-state index contributed by atoms with van der Waals surface area (Å²) in [5.74, 6) is -0.291. The predicted octanol–water partition coefficient (Wildman–Crippen LogP) is 0.256. The van der Waals surface area contributed by atoms with Crippen molar-refractivity contribution in [1.29, 1.82) is 5.26 Å². The molecule has 20 heavy (non-hydrogen) atoms. The Balaban J connectivity index is 1.97. The number of carbonyl (C=O) groups is 1. The van der Waals surface area contributed by atoms with Crippen LogP contribution in [0.1, 0.15) is 24.0 Å². The van der Waals surface area contributed by atoms with E-state index < -0.39 is 10.0 Å². The van der Waals surface area contributed by atoms with Crippen molar-refractivity contribution in [3.63, 3.8) is 0 Å². The molecule has 1 aromatic carbocycles. The molecule has 1 saturated heterocycles. The molecule has 1 aliphatic rings. The summed E-state index contributed by atoms with van der Waals surface area (Å²) >= 11 is 0. The fraction of sp³-hybridized carbons (Fsp3) is 0.385. The zero-order valence-corrected chi connectivity index (χ0v) is 11.6. The standard InChI is InChI=1S/C13H15N3O3S/c14-7-10-3-1-2-4-11(10)9-20(18,19)15-8-12-5-6-13(17)16-12/h1-4,12,15H,5-6,8-9H2,(H,16,17). The Hall–Kier alpha value is -1.91. The summed E-state index contributed by atoms with van der Waals surface area (Å²) < 4.78 is 26.4. The molecule has 1 fully saturated rings. The molecule has 106 valence electrons. The number of nitrogens with zero attached hydrogens (tertiary/aromatic N) is 1. The van der Waals surface area contributed by atoms with Crippen LogP contribution in [0, 0.1) is 11.3 Å². The van der Waals surface area contributed by atoms with E-state index in [1.54, 1.807) is 24.3 Å². The monoisotopic (exact) mass is 293 g/mol. The fourth-order valence-electron chi connectivity index (χ4n) is 2.07. The van der Waals surface area contributed by atoms with Crippen molar-refractivity contribution < 1.29 is 13.2 Å². The van der Waals surface area contributed by atoms with Crippen LogP contribution in [0.3, 0.4) is 0 Å². The maximum atomic E-state index is 12.0. The molecule has 1 aromatic rings. The zero-order chi connectivity index (χ0) is 14.6. The highest BCUT2D eigenvalue weighted by Crippen LogP contribution is 2.11. The van der Waals surface area contributed by atoms with Crippen molar-refractivity contribution in [3.8, 4) is 6.07 Å². The zero-order valence-electron chi connectivity index (χ0n) is 10.8. The molecule has 2 N–H and O–H groups in total. The van der Waals surface area contributed by atoms with Crippen LogP contribution >= 0.6 is 0 Å². The summed E-state index contributed by atoms with van der Waals surface area (Å²) in [6.07, 6.45) is 1.07. The lowest BCUT2D eigenvalue weighted by Crippen LogP contribution is -2.38. The van der Waals surface area contributed by atoms with Crippen molar-refractivity contribution in [2.24, 2.45) is 0 Å². The number of hydrogen-bond acceptors (Lipinski definition) is 4. The number of amides is 1. The van der Waals surface area contributed by atoms with Crippen LogP contribution in [0.2, 0.25) is 0 Å². The third-order valence-electron chi connectivity index (χ3n) is 3.12. The second-order valence-corrected chi connectivity index (χ2v) is 6.49. The van der Waals surface area contributed by atoms with Crippen LogP contribution in [0.25, 0.3) is 0 Å². The highest BCUT2D eigenvalue weighted by atomic mass is 32.2. The van der Waals surface area contributed by atoms with Gasteiger partial charge in [0.1, 0.15) is 0 Å². The number of benzene rings is 1. The number of rotatable bonds is 5. The van der Waals surface area contributed by atoms with Crippen LogP contribution < -0.4 is 10.0 Å². The second-order valence-electron chi connectivity index (χ2n) is 4.68. The SMILES string of the molecule is N#Cc1ccccc1CS(=O)(=O)NCC1CCC(=O)N1. The van der Waals surface area contributed by atoms with Crippen LogP contribution in [-0.4, -0.2) is 26.9 Å². The predicted molar refractivity (Wildman–Crippen MR) is 72.9 cm³/mol. The van der Waals surface area contributed by atoms with Gasteiger partial charge >= 0.3 is 0 Å². The molecular formula is C13H15N3O3S. The lowest BCUT2D eigenvalue weighted by atomic mass is 10.1. The Morgan fingerprint density at radius 2 is 2.15 bits per heavy atom. The van der Waals surface area contributed by atoms with Crippen molar-refractivity contribution in [2.75, 3.05) is 6.54 Å². The molecule has 1 unspecified atom stereocenters. The van der Waals surface area contributed by atoms with E-state index in [1.165, 1.54) is 0 Å². The van der Waals surface area contributed by atoms with Gasteiger partial charge in [0.15, 0.2) is 0 Å². The van der Waals surface area contributed by atoms with Gasteiger partial charge in [-0.15, -0.1) is 0 Å². The van der Waals surface area contributed by atoms with Gasteiger partial charge in [0.2, 0.25) is 15.9 Å². The van der Waals surface area contributed by atoms with Crippen molar-refractivity contribution in [1.82, 2.24) is 10.0 Å². The summed E-state index contributed by atoms with van der Waals surface area (Å²) in [6, 6.07) is 8.42. The van der Waals surface area contributed by atoms with E-state index in [9.17, 15) is 13.2 Å². The Morgan fingerprint density at radius 3 is 2.80 bits per heavy atom. The summed E-state index contributed by atoms with van der Waals surface area (Å²) in [7, 11) is -3.52. The first kappa shape index (κ1) is 14.5. The quantitative estimate of drug-likeness (QED) is 0.813.